The van der Waals surface area contributed by atoms with Crippen molar-refractivity contribution in [2.75, 3.05) is 24.5 Å². The molecule has 1 aromatic carbocycles. The Morgan fingerprint density at radius 1 is 1.37 bits per heavy atom. The molecule has 0 atom stereocenters. The number of halogens is 1. The van der Waals surface area contributed by atoms with Crippen LogP contribution in [0.1, 0.15) is 24.8 Å². The van der Waals surface area contributed by atoms with Gasteiger partial charge >= 0.3 is 0 Å². The lowest BCUT2D eigenvalue weighted by molar-refractivity contribution is -0.119. The molecule has 0 bridgehead atoms. The van der Waals surface area contributed by atoms with E-state index in [-0.39, 0.29) is 11.7 Å². The van der Waals surface area contributed by atoms with E-state index in [1.165, 1.54) is 12.1 Å². The van der Waals surface area contributed by atoms with Crippen LogP contribution in [0.4, 0.5) is 10.1 Å². The molecule has 19 heavy (non-hydrogen) atoms. The molecule has 0 saturated carbocycles. The normalized spacial score (nSPS) is 19.5. The molecule has 2 aliphatic rings. The lowest BCUT2D eigenvalue weighted by atomic mass is 9.94. The van der Waals surface area contributed by atoms with Crippen LogP contribution in [0.15, 0.2) is 18.2 Å². The van der Waals surface area contributed by atoms with E-state index in [2.05, 4.69) is 5.32 Å². The summed E-state index contributed by atoms with van der Waals surface area (Å²) in [7, 11) is 0. The maximum atomic E-state index is 13.3. The smallest absolute Gasteiger partial charge is 0.227 e. The fourth-order valence-electron chi connectivity index (χ4n) is 3.05. The first kappa shape index (κ1) is 12.6. The summed E-state index contributed by atoms with van der Waals surface area (Å²) in [5.74, 6) is 0.364. The first-order chi connectivity index (χ1) is 9.24. The third kappa shape index (κ3) is 2.63. The van der Waals surface area contributed by atoms with E-state index in [1.807, 2.05) is 0 Å². The number of hydrogen-bond acceptors (Lipinski definition) is 2. The quantitative estimate of drug-likeness (QED) is 0.885. The number of carbonyl (C=O) groups is 1. The molecular weight excluding hydrogens is 243 g/mol. The van der Waals surface area contributed by atoms with Crippen molar-refractivity contribution in [1.82, 2.24) is 5.32 Å². The number of carbonyl (C=O) groups excluding carboxylic acids is 1. The zero-order valence-corrected chi connectivity index (χ0v) is 11.0. The van der Waals surface area contributed by atoms with Crippen LogP contribution in [0.2, 0.25) is 0 Å². The van der Waals surface area contributed by atoms with Crippen molar-refractivity contribution in [2.24, 2.45) is 5.92 Å². The second kappa shape index (κ2) is 5.29. The summed E-state index contributed by atoms with van der Waals surface area (Å²) < 4.78 is 13.3. The van der Waals surface area contributed by atoms with Crippen LogP contribution in [0.25, 0.3) is 0 Å². The predicted molar refractivity (Wildman–Crippen MR) is 72.7 cm³/mol. The van der Waals surface area contributed by atoms with Crippen LogP contribution < -0.4 is 10.2 Å². The molecule has 1 amide bonds. The number of nitrogens with one attached hydrogen (secondary N) is 1. The topological polar surface area (TPSA) is 32.3 Å². The highest BCUT2D eigenvalue weighted by molar-refractivity contribution is 5.95. The number of nitrogens with zero attached hydrogens (tertiary/aromatic N) is 1. The van der Waals surface area contributed by atoms with Gasteiger partial charge in [0.15, 0.2) is 0 Å². The Morgan fingerprint density at radius 2 is 2.16 bits per heavy atom. The molecule has 1 N–H and O–H groups in total. The van der Waals surface area contributed by atoms with E-state index >= 15 is 0 Å². The van der Waals surface area contributed by atoms with Crippen molar-refractivity contribution >= 4 is 11.6 Å². The molecule has 0 aliphatic carbocycles. The minimum atomic E-state index is -0.264. The van der Waals surface area contributed by atoms with Gasteiger partial charge in [-0.2, -0.15) is 0 Å². The minimum absolute atomic E-state index is 0.149. The molecule has 0 unspecified atom stereocenters. The van der Waals surface area contributed by atoms with Crippen LogP contribution in [-0.2, 0) is 11.2 Å². The molecule has 2 aliphatic heterocycles. The van der Waals surface area contributed by atoms with Gasteiger partial charge in [0.2, 0.25) is 5.91 Å². The predicted octanol–water partition coefficient (Wildman–Crippen LogP) is 2.10. The van der Waals surface area contributed by atoms with Crippen molar-refractivity contribution in [3.63, 3.8) is 0 Å². The van der Waals surface area contributed by atoms with E-state index in [9.17, 15) is 9.18 Å². The second-order valence-electron chi connectivity index (χ2n) is 5.47. The Bertz CT molecular complexity index is 483. The van der Waals surface area contributed by atoms with Gasteiger partial charge in [0.05, 0.1) is 0 Å². The summed E-state index contributed by atoms with van der Waals surface area (Å²) >= 11 is 0. The summed E-state index contributed by atoms with van der Waals surface area (Å²) in [6, 6.07) is 4.75. The van der Waals surface area contributed by atoms with Crippen molar-refractivity contribution in [1.29, 1.82) is 0 Å². The van der Waals surface area contributed by atoms with Gasteiger partial charge in [0, 0.05) is 18.7 Å². The molecule has 3 rings (SSSR count). The van der Waals surface area contributed by atoms with E-state index in [0.29, 0.717) is 18.9 Å². The monoisotopic (exact) mass is 262 g/mol. The zero-order chi connectivity index (χ0) is 13.2. The van der Waals surface area contributed by atoms with Gasteiger partial charge in [-0.1, -0.05) is 6.07 Å². The third-order valence-corrected chi connectivity index (χ3v) is 4.17. The molecule has 1 aromatic rings. The van der Waals surface area contributed by atoms with Crippen molar-refractivity contribution in [3.8, 4) is 0 Å². The van der Waals surface area contributed by atoms with Crippen LogP contribution in [0.3, 0.4) is 0 Å². The number of rotatable bonds is 2. The first-order valence-electron chi connectivity index (χ1n) is 7.03. The van der Waals surface area contributed by atoms with E-state index in [0.717, 1.165) is 43.6 Å². The van der Waals surface area contributed by atoms with Gasteiger partial charge in [-0.05, 0) is 56.0 Å². The highest BCUT2D eigenvalue weighted by Gasteiger charge is 2.27. The summed E-state index contributed by atoms with van der Waals surface area (Å²) in [5, 5.41) is 3.31. The van der Waals surface area contributed by atoms with Crippen LogP contribution in [-0.4, -0.2) is 25.5 Å². The summed E-state index contributed by atoms with van der Waals surface area (Å²) in [5.41, 5.74) is 1.86. The van der Waals surface area contributed by atoms with Gasteiger partial charge in [0.1, 0.15) is 5.82 Å². The lowest BCUT2D eigenvalue weighted by Gasteiger charge is -2.25. The molecule has 2 heterocycles. The Hall–Kier alpha value is -1.42. The average molecular weight is 262 g/mol. The highest BCUT2D eigenvalue weighted by atomic mass is 19.1. The molecule has 4 heteroatoms. The van der Waals surface area contributed by atoms with Gasteiger partial charge in [-0.3, -0.25) is 4.79 Å². The number of hydrogen-bond donors (Lipinski definition) is 1. The lowest BCUT2D eigenvalue weighted by Crippen LogP contribution is -2.34. The minimum Gasteiger partial charge on any atom is -0.317 e. The fraction of sp³-hybridized carbons (Fsp3) is 0.533. The molecular formula is C15H19FN2O. The van der Waals surface area contributed by atoms with E-state index in [1.54, 1.807) is 11.0 Å². The molecule has 1 fully saturated rings. The second-order valence-corrected chi connectivity index (χ2v) is 5.47. The molecule has 0 aromatic heterocycles. The number of piperidine rings is 1. The highest BCUT2D eigenvalue weighted by Crippen LogP contribution is 2.30. The summed E-state index contributed by atoms with van der Waals surface area (Å²) in [6.45, 7) is 2.70. The molecule has 102 valence electrons. The largest absolute Gasteiger partial charge is 0.317 e. The van der Waals surface area contributed by atoms with Crippen molar-refractivity contribution in [3.05, 3.63) is 29.6 Å². The number of benzene rings is 1. The number of amides is 1. The Balaban J connectivity index is 1.70. The van der Waals surface area contributed by atoms with Crippen LogP contribution in [0.5, 0.6) is 0 Å². The maximum Gasteiger partial charge on any atom is 0.227 e. The van der Waals surface area contributed by atoms with Gasteiger partial charge in [-0.15, -0.1) is 0 Å². The van der Waals surface area contributed by atoms with E-state index in [4.69, 9.17) is 0 Å². The molecule has 0 spiro atoms. The molecule has 1 saturated heterocycles. The van der Waals surface area contributed by atoms with Crippen molar-refractivity contribution < 1.29 is 9.18 Å². The maximum absolute atomic E-state index is 13.3. The van der Waals surface area contributed by atoms with Crippen LogP contribution >= 0.6 is 0 Å². The Morgan fingerprint density at radius 3 is 2.95 bits per heavy atom. The van der Waals surface area contributed by atoms with Crippen molar-refractivity contribution in [2.45, 2.75) is 25.7 Å². The Kier molecular flexibility index (Phi) is 3.51. The Labute approximate surface area is 112 Å². The third-order valence-electron chi connectivity index (χ3n) is 4.17. The molecule has 0 radical (unpaired) electrons. The van der Waals surface area contributed by atoms with E-state index < -0.39 is 0 Å². The number of anilines is 1. The van der Waals surface area contributed by atoms with Gasteiger partial charge < -0.3 is 10.2 Å². The zero-order valence-electron chi connectivity index (χ0n) is 11.0. The summed E-state index contributed by atoms with van der Waals surface area (Å²) in [6.07, 6.45) is 3.57. The van der Waals surface area contributed by atoms with Gasteiger partial charge in [0.25, 0.3) is 0 Å². The SMILES string of the molecule is O=C(CC1CCNCC1)N1CCc2ccc(F)cc21. The average Bonchev–Trinajstić information content (AvgIpc) is 2.82. The van der Waals surface area contributed by atoms with Crippen LogP contribution in [0, 0.1) is 11.7 Å². The van der Waals surface area contributed by atoms with Gasteiger partial charge in [-0.25, -0.2) is 4.39 Å². The fourth-order valence-corrected chi connectivity index (χ4v) is 3.05. The standard InChI is InChI=1S/C15H19FN2O/c16-13-2-1-12-5-8-18(14(12)10-13)15(19)9-11-3-6-17-7-4-11/h1-2,10-11,17H,3-9H2. The molecule has 3 nitrogen and oxygen atoms in total. The summed E-state index contributed by atoms with van der Waals surface area (Å²) in [4.78, 5) is 14.1. The number of fused-ring (bicyclic) bond motifs is 1. The first-order valence-corrected chi connectivity index (χ1v) is 7.03.